The molecule has 3 aromatic heterocycles. The number of amides is 1. The van der Waals surface area contributed by atoms with E-state index in [1.54, 1.807) is 84.9 Å². The van der Waals surface area contributed by atoms with Crippen LogP contribution in [0.5, 0.6) is 23.0 Å². The third-order valence-electron chi connectivity index (χ3n) is 7.06. The van der Waals surface area contributed by atoms with E-state index in [0.29, 0.717) is 45.1 Å². The van der Waals surface area contributed by atoms with Crippen LogP contribution in [-0.4, -0.2) is 39.5 Å². The van der Waals surface area contributed by atoms with E-state index < -0.39 is 17.3 Å². The second-order valence-corrected chi connectivity index (χ2v) is 9.67. The molecule has 0 bridgehead atoms. The summed E-state index contributed by atoms with van der Waals surface area (Å²) in [6.45, 7) is 0. The molecule has 0 radical (unpaired) electrons. The Labute approximate surface area is 250 Å². The van der Waals surface area contributed by atoms with Crippen LogP contribution in [0.15, 0.2) is 102 Å². The second kappa shape index (κ2) is 11.7. The zero-order valence-corrected chi connectivity index (χ0v) is 23.9. The number of nitrogens with zero attached hydrogens (tertiary/aromatic N) is 4. The van der Waals surface area contributed by atoms with Gasteiger partial charge in [-0.15, -0.1) is 0 Å². The SMILES string of the molecule is COc1cc2nccc(Oc3ccc(NC(=O)c4c(-c5ccncc5)n(C)n(-c5ccccc5)c4=O)cc3F)c2cc1OC. The molecule has 0 atom stereocenters. The van der Waals surface area contributed by atoms with Gasteiger partial charge in [0.25, 0.3) is 11.5 Å². The van der Waals surface area contributed by atoms with Gasteiger partial charge >= 0.3 is 0 Å². The summed E-state index contributed by atoms with van der Waals surface area (Å²) in [7, 11) is 4.73. The number of benzene rings is 3. The van der Waals surface area contributed by atoms with E-state index in [4.69, 9.17) is 14.2 Å². The maximum atomic E-state index is 15.4. The van der Waals surface area contributed by atoms with Gasteiger partial charge in [0.1, 0.15) is 11.3 Å². The number of nitrogens with one attached hydrogen (secondary N) is 1. The minimum absolute atomic E-state index is 0.0751. The Hall–Kier alpha value is -5.97. The van der Waals surface area contributed by atoms with E-state index >= 15 is 4.39 Å². The summed E-state index contributed by atoms with van der Waals surface area (Å²) in [5.41, 5.74) is 1.67. The number of fused-ring (bicyclic) bond motifs is 1. The van der Waals surface area contributed by atoms with Gasteiger partial charge < -0.3 is 19.5 Å². The van der Waals surface area contributed by atoms with Crippen LogP contribution >= 0.6 is 0 Å². The van der Waals surface area contributed by atoms with Crippen LogP contribution in [0, 0.1) is 5.82 Å². The number of rotatable bonds is 8. The van der Waals surface area contributed by atoms with Crippen molar-refractivity contribution in [2.24, 2.45) is 7.05 Å². The van der Waals surface area contributed by atoms with Crippen molar-refractivity contribution in [1.82, 2.24) is 19.3 Å². The predicted octanol–water partition coefficient (Wildman–Crippen LogP) is 5.99. The molecule has 0 aliphatic rings. The summed E-state index contributed by atoms with van der Waals surface area (Å²) in [4.78, 5) is 35.7. The number of halogens is 1. The molecule has 0 spiro atoms. The van der Waals surface area contributed by atoms with Gasteiger partial charge in [0.2, 0.25) is 0 Å². The molecule has 11 heteroatoms. The van der Waals surface area contributed by atoms with E-state index in [1.165, 1.54) is 31.0 Å². The molecule has 0 unspecified atom stereocenters. The topological polar surface area (TPSA) is 110 Å². The number of methoxy groups -OCH3 is 2. The van der Waals surface area contributed by atoms with Gasteiger partial charge in [0.15, 0.2) is 23.1 Å². The monoisotopic (exact) mass is 591 g/mol. The number of anilines is 1. The van der Waals surface area contributed by atoms with Gasteiger partial charge in [0.05, 0.1) is 31.1 Å². The zero-order valence-electron chi connectivity index (χ0n) is 23.9. The highest BCUT2D eigenvalue weighted by atomic mass is 19.1. The molecular weight excluding hydrogens is 565 g/mol. The van der Waals surface area contributed by atoms with Gasteiger partial charge in [-0.1, -0.05) is 18.2 Å². The molecule has 1 N–H and O–H groups in total. The van der Waals surface area contributed by atoms with Crippen LogP contribution in [0.25, 0.3) is 27.8 Å². The number of para-hydroxylation sites is 1. The maximum Gasteiger partial charge on any atom is 0.284 e. The molecule has 0 fully saturated rings. The van der Waals surface area contributed by atoms with Gasteiger partial charge in [-0.3, -0.25) is 24.2 Å². The summed E-state index contributed by atoms with van der Waals surface area (Å²) in [6, 6.07) is 21.4. The third kappa shape index (κ3) is 5.11. The van der Waals surface area contributed by atoms with Crippen LogP contribution < -0.4 is 25.1 Å². The highest BCUT2D eigenvalue weighted by Crippen LogP contribution is 2.37. The van der Waals surface area contributed by atoms with Crippen LogP contribution in [0.4, 0.5) is 10.1 Å². The summed E-state index contributed by atoms with van der Waals surface area (Å²) in [6.07, 6.45) is 4.70. The Morgan fingerprint density at radius 1 is 0.841 bits per heavy atom. The fraction of sp³-hybridized carbons (Fsp3) is 0.0909. The standard InChI is InChI=1S/C33H26FN5O5/c1-38-31(20-11-14-35-15-12-20)30(33(41)39(38)22-7-5-4-6-8-22)32(40)37-21-9-10-27(24(34)17-21)44-26-13-16-36-25-19-29(43-3)28(42-2)18-23(25)26/h4-19H,1-3H3,(H,37,40). The number of ether oxygens (including phenoxy) is 3. The lowest BCUT2D eigenvalue weighted by atomic mass is 10.1. The Morgan fingerprint density at radius 2 is 1.57 bits per heavy atom. The van der Waals surface area contributed by atoms with Gasteiger partial charge in [0, 0.05) is 54.4 Å². The number of aromatic nitrogens is 4. The van der Waals surface area contributed by atoms with E-state index in [0.717, 1.165) is 6.07 Å². The average molecular weight is 592 g/mol. The number of pyridine rings is 2. The molecule has 0 aliphatic carbocycles. The minimum atomic E-state index is -0.725. The first kappa shape index (κ1) is 28.2. The molecule has 6 rings (SSSR count). The Morgan fingerprint density at radius 3 is 2.27 bits per heavy atom. The first-order chi connectivity index (χ1) is 21.4. The van der Waals surface area contributed by atoms with Crippen molar-refractivity contribution in [2.75, 3.05) is 19.5 Å². The van der Waals surface area contributed by atoms with Crippen molar-refractivity contribution in [1.29, 1.82) is 0 Å². The lowest BCUT2D eigenvalue weighted by Gasteiger charge is -2.13. The molecule has 0 saturated carbocycles. The van der Waals surface area contributed by atoms with Crippen molar-refractivity contribution in [3.05, 3.63) is 119 Å². The average Bonchev–Trinajstić information content (AvgIpc) is 3.31. The molecule has 220 valence electrons. The Kier molecular flexibility index (Phi) is 7.51. The van der Waals surface area contributed by atoms with Crippen LogP contribution in [0.3, 0.4) is 0 Å². The number of hydrogen-bond donors (Lipinski definition) is 1. The molecule has 0 saturated heterocycles. The first-order valence-corrected chi connectivity index (χ1v) is 13.5. The third-order valence-corrected chi connectivity index (χ3v) is 7.06. The van der Waals surface area contributed by atoms with Crippen molar-refractivity contribution < 1.29 is 23.4 Å². The maximum absolute atomic E-state index is 15.4. The molecule has 3 heterocycles. The zero-order chi connectivity index (χ0) is 30.8. The van der Waals surface area contributed by atoms with Crippen molar-refractivity contribution in [3.63, 3.8) is 0 Å². The molecule has 6 aromatic rings. The van der Waals surface area contributed by atoms with Gasteiger partial charge in [-0.05, 0) is 48.5 Å². The molecule has 10 nitrogen and oxygen atoms in total. The highest BCUT2D eigenvalue weighted by Gasteiger charge is 2.26. The molecule has 44 heavy (non-hydrogen) atoms. The smallest absolute Gasteiger partial charge is 0.284 e. The van der Waals surface area contributed by atoms with Crippen molar-refractivity contribution in [2.45, 2.75) is 0 Å². The molecule has 0 aliphatic heterocycles. The van der Waals surface area contributed by atoms with Crippen molar-refractivity contribution in [3.8, 4) is 39.9 Å². The van der Waals surface area contributed by atoms with E-state index in [2.05, 4.69) is 15.3 Å². The van der Waals surface area contributed by atoms with Crippen LogP contribution in [0.1, 0.15) is 10.4 Å². The summed E-state index contributed by atoms with van der Waals surface area (Å²) < 4.78 is 35.0. The molecule has 1 amide bonds. The van der Waals surface area contributed by atoms with Gasteiger partial charge in [-0.2, -0.15) is 0 Å². The summed E-state index contributed by atoms with van der Waals surface area (Å²) in [5.74, 6) is -0.182. The highest BCUT2D eigenvalue weighted by molar-refractivity contribution is 6.08. The van der Waals surface area contributed by atoms with Gasteiger partial charge in [-0.25, -0.2) is 9.07 Å². The Bertz CT molecular complexity index is 2060. The van der Waals surface area contributed by atoms with E-state index in [9.17, 15) is 9.59 Å². The fourth-order valence-electron chi connectivity index (χ4n) is 5.02. The lowest BCUT2D eigenvalue weighted by molar-refractivity contribution is 0.102. The van der Waals surface area contributed by atoms with E-state index in [-0.39, 0.29) is 17.0 Å². The normalized spacial score (nSPS) is 10.9. The lowest BCUT2D eigenvalue weighted by Crippen LogP contribution is -2.25. The largest absolute Gasteiger partial charge is 0.493 e. The van der Waals surface area contributed by atoms with Crippen LogP contribution in [0.2, 0.25) is 0 Å². The predicted molar refractivity (Wildman–Crippen MR) is 164 cm³/mol. The van der Waals surface area contributed by atoms with E-state index in [1.807, 2.05) is 6.07 Å². The number of carbonyl (C=O) groups is 1. The minimum Gasteiger partial charge on any atom is -0.493 e. The number of hydrogen-bond acceptors (Lipinski definition) is 7. The molecule has 3 aromatic carbocycles. The van der Waals surface area contributed by atoms with Crippen molar-refractivity contribution >= 4 is 22.5 Å². The fourth-order valence-corrected chi connectivity index (χ4v) is 5.02. The molecular formula is C33H26FN5O5. The second-order valence-electron chi connectivity index (χ2n) is 9.67. The quantitative estimate of drug-likeness (QED) is 0.232. The van der Waals surface area contributed by atoms with Crippen LogP contribution in [-0.2, 0) is 7.05 Å². The first-order valence-electron chi connectivity index (χ1n) is 13.5. The summed E-state index contributed by atoms with van der Waals surface area (Å²) >= 11 is 0. The summed E-state index contributed by atoms with van der Waals surface area (Å²) in [5, 5.41) is 3.26. The number of carbonyl (C=O) groups excluding carboxylic acids is 1. The Balaban J connectivity index is 1.33.